The van der Waals surface area contributed by atoms with Gasteiger partial charge < -0.3 is 14.9 Å². The van der Waals surface area contributed by atoms with E-state index in [0.717, 1.165) is 37.9 Å². The number of aliphatic hydroxyl groups is 1. The van der Waals surface area contributed by atoms with Gasteiger partial charge in [-0.25, -0.2) is 4.79 Å². The van der Waals surface area contributed by atoms with E-state index in [1.54, 1.807) is 24.3 Å². The van der Waals surface area contributed by atoms with Crippen LogP contribution in [0.25, 0.3) is 0 Å². The second-order valence-electron chi connectivity index (χ2n) is 7.61. The van der Waals surface area contributed by atoms with Crippen LogP contribution in [-0.4, -0.2) is 46.8 Å². The molecule has 0 radical (unpaired) electrons. The molecular formula is C23H29NO4. The van der Waals surface area contributed by atoms with Crippen LogP contribution in [0.5, 0.6) is 5.75 Å². The van der Waals surface area contributed by atoms with Crippen molar-refractivity contribution in [2.75, 3.05) is 19.7 Å². The average Bonchev–Trinajstić information content (AvgIpc) is 2.73. The SMILES string of the molecule is CC(C(O)c1ccc(OCC(=O)O)cc1)N1CCC(Cc2ccccc2)CC1. The van der Waals surface area contributed by atoms with E-state index in [2.05, 4.69) is 42.2 Å². The lowest BCUT2D eigenvalue weighted by Gasteiger charge is -2.38. The number of piperidine rings is 1. The summed E-state index contributed by atoms with van der Waals surface area (Å²) in [5.74, 6) is 0.190. The summed E-state index contributed by atoms with van der Waals surface area (Å²) < 4.78 is 5.15. The van der Waals surface area contributed by atoms with Crippen molar-refractivity contribution in [1.82, 2.24) is 4.90 Å². The third kappa shape index (κ3) is 5.57. The standard InChI is InChI=1S/C23H29NO4/c1-17(23(27)20-7-9-21(10-8-20)28-16-22(25)26)24-13-11-19(12-14-24)15-18-5-3-2-4-6-18/h2-10,17,19,23,27H,11-16H2,1H3,(H,25,26). The summed E-state index contributed by atoms with van der Waals surface area (Å²) in [6.07, 6.45) is 2.84. The Morgan fingerprint density at radius 3 is 2.36 bits per heavy atom. The number of carboxylic acids is 1. The van der Waals surface area contributed by atoms with Crippen LogP contribution < -0.4 is 4.74 Å². The first kappa shape index (κ1) is 20.4. The third-order valence-corrected chi connectivity index (χ3v) is 5.63. The Morgan fingerprint density at radius 2 is 1.75 bits per heavy atom. The van der Waals surface area contributed by atoms with Gasteiger partial charge in [-0.3, -0.25) is 4.90 Å². The Kier molecular flexibility index (Phi) is 7.06. The molecule has 0 amide bonds. The van der Waals surface area contributed by atoms with Crippen LogP contribution in [0.1, 0.15) is 37.0 Å². The van der Waals surface area contributed by atoms with Crippen molar-refractivity contribution in [3.63, 3.8) is 0 Å². The summed E-state index contributed by atoms with van der Waals surface area (Å²) in [6.45, 7) is 3.69. The van der Waals surface area contributed by atoms with Crippen molar-refractivity contribution in [2.45, 2.75) is 38.3 Å². The topological polar surface area (TPSA) is 70.0 Å². The molecule has 0 aliphatic carbocycles. The minimum Gasteiger partial charge on any atom is -0.482 e. The smallest absolute Gasteiger partial charge is 0.341 e. The predicted octanol–water partition coefficient (Wildman–Crippen LogP) is 3.53. The maximum absolute atomic E-state index is 10.8. The highest BCUT2D eigenvalue weighted by Crippen LogP contribution is 2.28. The Morgan fingerprint density at radius 1 is 1.11 bits per heavy atom. The molecule has 28 heavy (non-hydrogen) atoms. The van der Waals surface area contributed by atoms with Crippen LogP contribution in [-0.2, 0) is 11.2 Å². The Hall–Kier alpha value is -2.37. The Balaban J connectivity index is 1.50. The highest BCUT2D eigenvalue weighted by Gasteiger charge is 2.27. The van der Waals surface area contributed by atoms with Crippen LogP contribution >= 0.6 is 0 Å². The normalized spacial score (nSPS) is 17.8. The fourth-order valence-electron chi connectivity index (χ4n) is 3.90. The first-order valence-corrected chi connectivity index (χ1v) is 9.93. The van der Waals surface area contributed by atoms with Gasteiger partial charge in [-0.2, -0.15) is 0 Å². The number of aliphatic carboxylic acids is 1. The molecule has 2 N–H and O–H groups in total. The Bertz CT molecular complexity index is 739. The Labute approximate surface area is 166 Å². The molecule has 2 atom stereocenters. The van der Waals surface area contributed by atoms with Crippen LogP contribution in [0.3, 0.4) is 0 Å². The number of carboxylic acid groups (broad SMARTS) is 1. The summed E-state index contributed by atoms with van der Waals surface area (Å²) in [5.41, 5.74) is 2.22. The number of aliphatic hydroxyl groups excluding tert-OH is 1. The largest absolute Gasteiger partial charge is 0.482 e. The molecule has 5 heteroatoms. The monoisotopic (exact) mass is 383 g/mol. The lowest BCUT2D eigenvalue weighted by Crippen LogP contribution is -2.43. The van der Waals surface area contributed by atoms with Crippen LogP contribution in [0, 0.1) is 5.92 Å². The van der Waals surface area contributed by atoms with E-state index in [4.69, 9.17) is 9.84 Å². The van der Waals surface area contributed by atoms with E-state index in [-0.39, 0.29) is 12.6 Å². The summed E-state index contributed by atoms with van der Waals surface area (Å²) in [7, 11) is 0. The third-order valence-electron chi connectivity index (χ3n) is 5.63. The molecule has 0 aromatic heterocycles. The molecule has 0 saturated carbocycles. The molecule has 5 nitrogen and oxygen atoms in total. The molecule has 0 bridgehead atoms. The van der Waals surface area contributed by atoms with Gasteiger partial charge in [-0.05, 0) is 68.5 Å². The van der Waals surface area contributed by atoms with Gasteiger partial charge in [0.15, 0.2) is 6.61 Å². The molecule has 0 spiro atoms. The average molecular weight is 383 g/mol. The van der Waals surface area contributed by atoms with Gasteiger partial charge in [0.05, 0.1) is 6.10 Å². The van der Waals surface area contributed by atoms with Gasteiger partial charge in [0.25, 0.3) is 0 Å². The summed E-state index contributed by atoms with van der Waals surface area (Å²) >= 11 is 0. The lowest BCUT2D eigenvalue weighted by atomic mass is 9.89. The number of hydrogen-bond donors (Lipinski definition) is 2. The van der Waals surface area contributed by atoms with E-state index < -0.39 is 12.1 Å². The highest BCUT2D eigenvalue weighted by atomic mass is 16.5. The van der Waals surface area contributed by atoms with Crippen molar-refractivity contribution < 1.29 is 19.7 Å². The van der Waals surface area contributed by atoms with E-state index in [0.29, 0.717) is 11.7 Å². The van der Waals surface area contributed by atoms with Crippen molar-refractivity contribution in [3.05, 3.63) is 65.7 Å². The summed E-state index contributed by atoms with van der Waals surface area (Å²) in [5, 5.41) is 19.4. The number of nitrogens with zero attached hydrogens (tertiary/aromatic N) is 1. The van der Waals surface area contributed by atoms with Crippen LogP contribution in [0.15, 0.2) is 54.6 Å². The molecule has 2 unspecified atom stereocenters. The molecule has 2 aromatic carbocycles. The molecule has 3 rings (SSSR count). The van der Waals surface area contributed by atoms with Gasteiger partial charge in [-0.1, -0.05) is 42.5 Å². The number of rotatable bonds is 8. The van der Waals surface area contributed by atoms with E-state index in [1.165, 1.54) is 5.56 Å². The zero-order chi connectivity index (χ0) is 19.9. The number of carbonyl (C=O) groups is 1. The van der Waals surface area contributed by atoms with Gasteiger partial charge in [0.2, 0.25) is 0 Å². The van der Waals surface area contributed by atoms with E-state index >= 15 is 0 Å². The van der Waals surface area contributed by atoms with Gasteiger partial charge in [0, 0.05) is 6.04 Å². The number of benzene rings is 2. The minimum absolute atomic E-state index is 0.0310. The maximum Gasteiger partial charge on any atom is 0.341 e. The van der Waals surface area contributed by atoms with Crippen LogP contribution in [0.4, 0.5) is 0 Å². The fourth-order valence-corrected chi connectivity index (χ4v) is 3.90. The van der Waals surface area contributed by atoms with E-state index in [1.807, 2.05) is 0 Å². The maximum atomic E-state index is 10.8. The molecule has 1 fully saturated rings. The van der Waals surface area contributed by atoms with Crippen molar-refractivity contribution in [2.24, 2.45) is 5.92 Å². The number of hydrogen-bond acceptors (Lipinski definition) is 4. The molecule has 1 heterocycles. The molecule has 2 aromatic rings. The second kappa shape index (κ2) is 9.71. The zero-order valence-corrected chi connectivity index (χ0v) is 16.3. The quantitative estimate of drug-likeness (QED) is 0.730. The number of ether oxygens (including phenoxy) is 1. The lowest BCUT2D eigenvalue weighted by molar-refractivity contribution is -0.139. The predicted molar refractivity (Wildman–Crippen MR) is 108 cm³/mol. The number of likely N-dealkylation sites (tertiary alicyclic amines) is 1. The minimum atomic E-state index is -1.01. The van der Waals surface area contributed by atoms with Gasteiger partial charge in [-0.15, -0.1) is 0 Å². The second-order valence-corrected chi connectivity index (χ2v) is 7.61. The van der Waals surface area contributed by atoms with Crippen LogP contribution in [0.2, 0.25) is 0 Å². The fraction of sp³-hybridized carbons (Fsp3) is 0.435. The molecule has 1 aliphatic heterocycles. The molecule has 1 aliphatic rings. The first-order chi connectivity index (χ1) is 13.5. The van der Waals surface area contributed by atoms with Gasteiger partial charge >= 0.3 is 5.97 Å². The van der Waals surface area contributed by atoms with Crippen molar-refractivity contribution >= 4 is 5.97 Å². The first-order valence-electron chi connectivity index (χ1n) is 9.93. The summed E-state index contributed by atoms with van der Waals surface area (Å²) in [6, 6.07) is 17.7. The van der Waals surface area contributed by atoms with E-state index in [9.17, 15) is 9.90 Å². The molecule has 150 valence electrons. The van der Waals surface area contributed by atoms with Gasteiger partial charge in [0.1, 0.15) is 5.75 Å². The summed E-state index contributed by atoms with van der Waals surface area (Å²) in [4.78, 5) is 12.9. The van der Waals surface area contributed by atoms with Crippen molar-refractivity contribution in [3.8, 4) is 5.75 Å². The highest BCUT2D eigenvalue weighted by molar-refractivity contribution is 5.68. The molecular weight excluding hydrogens is 354 g/mol. The van der Waals surface area contributed by atoms with Crippen molar-refractivity contribution in [1.29, 1.82) is 0 Å². The molecule has 1 saturated heterocycles. The zero-order valence-electron chi connectivity index (χ0n) is 16.3.